The molecule has 0 saturated heterocycles. The minimum absolute atomic E-state index is 0.0992. The summed E-state index contributed by atoms with van der Waals surface area (Å²) in [4.78, 5) is 18.4. The SMILES string of the molecule is CCN(CC)CC(C)NC(=O)c1cc(C)nc(N)c1. The van der Waals surface area contributed by atoms with E-state index >= 15 is 0 Å². The van der Waals surface area contributed by atoms with E-state index < -0.39 is 0 Å². The second-order valence-corrected chi connectivity index (χ2v) is 4.78. The lowest BCUT2D eigenvalue weighted by molar-refractivity contribution is 0.0930. The van der Waals surface area contributed by atoms with Crippen molar-refractivity contribution in [2.45, 2.75) is 33.7 Å². The van der Waals surface area contributed by atoms with Crippen molar-refractivity contribution in [1.29, 1.82) is 0 Å². The molecule has 0 spiro atoms. The summed E-state index contributed by atoms with van der Waals surface area (Å²) in [6.07, 6.45) is 0. The number of aromatic nitrogens is 1. The second kappa shape index (κ2) is 7.09. The molecule has 19 heavy (non-hydrogen) atoms. The van der Waals surface area contributed by atoms with Crippen LogP contribution < -0.4 is 11.1 Å². The van der Waals surface area contributed by atoms with Gasteiger partial charge in [-0.15, -0.1) is 0 Å². The van der Waals surface area contributed by atoms with E-state index in [1.807, 2.05) is 13.8 Å². The third-order valence-corrected chi connectivity index (χ3v) is 3.04. The van der Waals surface area contributed by atoms with Crippen LogP contribution in [-0.4, -0.2) is 41.5 Å². The number of hydrogen-bond donors (Lipinski definition) is 2. The van der Waals surface area contributed by atoms with Crippen molar-refractivity contribution in [2.75, 3.05) is 25.4 Å². The molecule has 1 atom stereocenters. The zero-order valence-corrected chi connectivity index (χ0v) is 12.2. The van der Waals surface area contributed by atoms with Crippen LogP contribution in [0.25, 0.3) is 0 Å². The predicted molar refractivity (Wildman–Crippen MR) is 78.1 cm³/mol. The Morgan fingerprint density at radius 2 is 2.05 bits per heavy atom. The van der Waals surface area contributed by atoms with E-state index in [9.17, 15) is 4.79 Å². The number of hydrogen-bond acceptors (Lipinski definition) is 4. The molecule has 1 unspecified atom stereocenters. The Balaban J connectivity index is 2.63. The van der Waals surface area contributed by atoms with Crippen molar-refractivity contribution in [3.63, 3.8) is 0 Å². The van der Waals surface area contributed by atoms with Gasteiger partial charge in [-0.2, -0.15) is 0 Å². The van der Waals surface area contributed by atoms with E-state index in [4.69, 9.17) is 5.73 Å². The topological polar surface area (TPSA) is 71.2 Å². The highest BCUT2D eigenvalue weighted by molar-refractivity contribution is 5.95. The summed E-state index contributed by atoms with van der Waals surface area (Å²) in [5.41, 5.74) is 6.97. The van der Waals surface area contributed by atoms with Crippen LogP contribution in [0.5, 0.6) is 0 Å². The van der Waals surface area contributed by atoms with Gasteiger partial charge in [0, 0.05) is 23.8 Å². The Bertz CT molecular complexity index is 409. The molecule has 1 amide bonds. The molecule has 106 valence electrons. The number of nitrogen functional groups attached to an aromatic ring is 1. The van der Waals surface area contributed by atoms with Crippen LogP contribution >= 0.6 is 0 Å². The fourth-order valence-electron chi connectivity index (χ4n) is 2.05. The summed E-state index contributed by atoms with van der Waals surface area (Å²) >= 11 is 0. The normalized spacial score (nSPS) is 12.5. The predicted octanol–water partition coefficient (Wildman–Crippen LogP) is 1.43. The Kier molecular flexibility index (Phi) is 5.76. The molecule has 5 heteroatoms. The van der Waals surface area contributed by atoms with Crippen LogP contribution in [0.4, 0.5) is 5.82 Å². The second-order valence-electron chi connectivity index (χ2n) is 4.78. The smallest absolute Gasteiger partial charge is 0.251 e. The number of carbonyl (C=O) groups excluding carboxylic acids is 1. The molecule has 0 bridgehead atoms. The summed E-state index contributed by atoms with van der Waals surface area (Å²) in [7, 11) is 0. The van der Waals surface area contributed by atoms with E-state index in [-0.39, 0.29) is 11.9 Å². The number of aryl methyl sites for hydroxylation is 1. The molecule has 0 fully saturated rings. The number of pyridine rings is 1. The van der Waals surface area contributed by atoms with Crippen molar-refractivity contribution in [3.05, 3.63) is 23.4 Å². The molecule has 0 aliphatic heterocycles. The maximum absolute atomic E-state index is 12.1. The molecule has 0 saturated carbocycles. The highest BCUT2D eigenvalue weighted by Crippen LogP contribution is 2.07. The summed E-state index contributed by atoms with van der Waals surface area (Å²) in [6, 6.07) is 3.45. The molecule has 0 aliphatic carbocycles. The summed E-state index contributed by atoms with van der Waals surface area (Å²) < 4.78 is 0. The van der Waals surface area contributed by atoms with Gasteiger partial charge in [-0.25, -0.2) is 4.98 Å². The summed E-state index contributed by atoms with van der Waals surface area (Å²) in [5.74, 6) is 0.276. The fraction of sp³-hybridized carbons (Fsp3) is 0.571. The number of nitrogens with one attached hydrogen (secondary N) is 1. The molecule has 1 heterocycles. The lowest BCUT2D eigenvalue weighted by Crippen LogP contribution is -2.42. The van der Waals surface area contributed by atoms with Crippen LogP contribution in [0.2, 0.25) is 0 Å². The van der Waals surface area contributed by atoms with Crippen LogP contribution in [0.3, 0.4) is 0 Å². The van der Waals surface area contributed by atoms with Crippen LogP contribution in [-0.2, 0) is 0 Å². The van der Waals surface area contributed by atoms with E-state index in [0.29, 0.717) is 11.4 Å². The lowest BCUT2D eigenvalue weighted by atomic mass is 10.2. The van der Waals surface area contributed by atoms with Crippen molar-refractivity contribution in [3.8, 4) is 0 Å². The van der Waals surface area contributed by atoms with Gasteiger partial charge in [0.15, 0.2) is 0 Å². The number of rotatable bonds is 6. The Morgan fingerprint density at radius 3 is 2.58 bits per heavy atom. The molecule has 1 aromatic heterocycles. The molecule has 1 rings (SSSR count). The lowest BCUT2D eigenvalue weighted by Gasteiger charge is -2.23. The van der Waals surface area contributed by atoms with Gasteiger partial charge in [0.05, 0.1) is 0 Å². The first-order chi connectivity index (χ1) is 8.96. The third-order valence-electron chi connectivity index (χ3n) is 3.04. The summed E-state index contributed by atoms with van der Waals surface area (Å²) in [5, 5.41) is 2.99. The highest BCUT2D eigenvalue weighted by atomic mass is 16.1. The fourth-order valence-corrected chi connectivity index (χ4v) is 2.05. The van der Waals surface area contributed by atoms with E-state index in [1.54, 1.807) is 12.1 Å². The van der Waals surface area contributed by atoms with Gasteiger partial charge in [0.1, 0.15) is 5.82 Å². The van der Waals surface area contributed by atoms with Gasteiger partial charge >= 0.3 is 0 Å². The van der Waals surface area contributed by atoms with Gasteiger partial charge in [-0.05, 0) is 39.1 Å². The number of nitrogens with zero attached hydrogens (tertiary/aromatic N) is 2. The zero-order chi connectivity index (χ0) is 14.4. The van der Waals surface area contributed by atoms with Gasteiger partial charge < -0.3 is 16.0 Å². The Hall–Kier alpha value is -1.62. The van der Waals surface area contributed by atoms with Gasteiger partial charge in [0.25, 0.3) is 5.91 Å². The number of amides is 1. The molecule has 0 aromatic carbocycles. The van der Waals surface area contributed by atoms with E-state index in [2.05, 4.69) is 29.0 Å². The van der Waals surface area contributed by atoms with E-state index in [0.717, 1.165) is 25.3 Å². The molecule has 0 aliphatic rings. The van der Waals surface area contributed by atoms with Crippen LogP contribution in [0.1, 0.15) is 36.8 Å². The maximum atomic E-state index is 12.1. The standard InChI is InChI=1S/C14H24N4O/c1-5-18(6-2)9-11(4)17-14(19)12-7-10(3)16-13(15)8-12/h7-8,11H,5-6,9H2,1-4H3,(H2,15,16)(H,17,19). The number of anilines is 1. The maximum Gasteiger partial charge on any atom is 0.251 e. The molecule has 0 radical (unpaired) electrons. The minimum atomic E-state index is -0.100. The van der Waals surface area contributed by atoms with Crippen molar-refractivity contribution in [2.24, 2.45) is 0 Å². The minimum Gasteiger partial charge on any atom is -0.384 e. The third kappa shape index (κ3) is 4.87. The molecule has 3 N–H and O–H groups in total. The average molecular weight is 264 g/mol. The monoisotopic (exact) mass is 264 g/mol. The zero-order valence-electron chi connectivity index (χ0n) is 12.2. The first kappa shape index (κ1) is 15.4. The average Bonchev–Trinajstić information content (AvgIpc) is 2.34. The Labute approximate surface area is 115 Å². The van der Waals surface area contributed by atoms with E-state index in [1.165, 1.54) is 0 Å². The quantitative estimate of drug-likeness (QED) is 0.815. The van der Waals surface area contributed by atoms with Gasteiger partial charge in [-0.3, -0.25) is 4.79 Å². The van der Waals surface area contributed by atoms with Crippen LogP contribution in [0, 0.1) is 6.92 Å². The van der Waals surface area contributed by atoms with Gasteiger partial charge in [-0.1, -0.05) is 13.8 Å². The number of likely N-dealkylation sites (N-methyl/N-ethyl adjacent to an activating group) is 1. The number of carbonyl (C=O) groups is 1. The molecular weight excluding hydrogens is 240 g/mol. The van der Waals surface area contributed by atoms with Gasteiger partial charge in [0.2, 0.25) is 0 Å². The van der Waals surface area contributed by atoms with Crippen molar-refractivity contribution < 1.29 is 4.79 Å². The highest BCUT2D eigenvalue weighted by Gasteiger charge is 2.13. The van der Waals surface area contributed by atoms with Crippen LogP contribution in [0.15, 0.2) is 12.1 Å². The van der Waals surface area contributed by atoms with Crippen molar-refractivity contribution >= 4 is 11.7 Å². The first-order valence-corrected chi connectivity index (χ1v) is 6.73. The summed E-state index contributed by atoms with van der Waals surface area (Å²) in [6.45, 7) is 10.9. The Morgan fingerprint density at radius 1 is 1.42 bits per heavy atom. The molecule has 5 nitrogen and oxygen atoms in total. The molecule has 1 aromatic rings. The first-order valence-electron chi connectivity index (χ1n) is 6.73. The largest absolute Gasteiger partial charge is 0.384 e. The van der Waals surface area contributed by atoms with Crippen molar-refractivity contribution in [1.82, 2.24) is 15.2 Å². The number of nitrogens with two attached hydrogens (primary N) is 1. The molecular formula is C14H24N4O.